The second-order valence-electron chi connectivity index (χ2n) is 6.50. The Kier molecular flexibility index (Phi) is 7.18. The number of benzene rings is 3. The molecule has 6 heteroatoms. The maximum Gasteiger partial charge on any atom is 0.151 e. The first-order valence-electron chi connectivity index (χ1n) is 8.99. The maximum absolute atomic E-state index is 11.5. The Morgan fingerprint density at radius 3 is 1.79 bits per heavy atom. The second kappa shape index (κ2) is 9.81. The van der Waals surface area contributed by atoms with Gasteiger partial charge in [0.05, 0.1) is 19.2 Å². The molecule has 0 N–H and O–H groups in total. The number of rotatable bonds is 8. The van der Waals surface area contributed by atoms with E-state index in [0.717, 1.165) is 34.6 Å². The van der Waals surface area contributed by atoms with E-state index in [1.165, 1.54) is 0 Å². The summed E-state index contributed by atoms with van der Waals surface area (Å²) in [6.45, 7) is 1.29. The summed E-state index contributed by atoms with van der Waals surface area (Å²) >= 11 is 9.74. The van der Waals surface area contributed by atoms with Gasteiger partial charge in [-0.25, -0.2) is 0 Å². The lowest BCUT2D eigenvalue weighted by Crippen LogP contribution is -2.22. The zero-order chi connectivity index (χ0) is 20.8. The molecule has 150 valence electrons. The highest BCUT2D eigenvalue weighted by molar-refractivity contribution is 9.10. The van der Waals surface area contributed by atoms with E-state index in [0.29, 0.717) is 28.1 Å². The van der Waals surface area contributed by atoms with Gasteiger partial charge >= 0.3 is 0 Å². The van der Waals surface area contributed by atoms with Crippen molar-refractivity contribution in [3.8, 4) is 11.5 Å². The average Bonchev–Trinajstić information content (AvgIpc) is 2.76. The van der Waals surface area contributed by atoms with Crippen molar-refractivity contribution in [2.24, 2.45) is 0 Å². The zero-order valence-corrected chi connectivity index (χ0v) is 18.5. The largest absolute Gasteiger partial charge is 0.497 e. The minimum Gasteiger partial charge on any atom is -0.497 e. The van der Waals surface area contributed by atoms with Gasteiger partial charge in [-0.1, -0.05) is 35.9 Å². The van der Waals surface area contributed by atoms with Crippen LogP contribution in [0.1, 0.15) is 21.5 Å². The number of halogens is 2. The molecule has 0 atom stereocenters. The lowest BCUT2D eigenvalue weighted by atomic mass is 10.1. The molecule has 0 saturated heterocycles. The number of carbonyl (C=O) groups excluding carboxylic acids is 1. The summed E-state index contributed by atoms with van der Waals surface area (Å²) in [7, 11) is 3.30. The van der Waals surface area contributed by atoms with Crippen LogP contribution in [-0.2, 0) is 13.1 Å². The Labute approximate surface area is 184 Å². The summed E-state index contributed by atoms with van der Waals surface area (Å²) in [6, 6.07) is 19.6. The van der Waals surface area contributed by atoms with Crippen LogP contribution in [-0.4, -0.2) is 20.5 Å². The van der Waals surface area contributed by atoms with Crippen LogP contribution >= 0.6 is 27.5 Å². The van der Waals surface area contributed by atoms with Crippen LogP contribution < -0.4 is 14.4 Å². The Morgan fingerprint density at radius 2 is 1.38 bits per heavy atom. The normalized spacial score (nSPS) is 10.5. The summed E-state index contributed by atoms with van der Waals surface area (Å²) in [6.07, 6.45) is 0.804. The molecule has 4 nitrogen and oxygen atoms in total. The lowest BCUT2D eigenvalue weighted by Gasteiger charge is -2.26. The fraction of sp³-hybridized carbons (Fsp3) is 0.174. The topological polar surface area (TPSA) is 38.8 Å². The van der Waals surface area contributed by atoms with Gasteiger partial charge < -0.3 is 14.4 Å². The maximum atomic E-state index is 11.5. The first kappa shape index (κ1) is 21.2. The Hall–Kier alpha value is -2.50. The Bertz CT molecular complexity index is 925. The molecular weight excluding hydrogens is 454 g/mol. The summed E-state index contributed by atoms with van der Waals surface area (Å²) in [5.41, 5.74) is 3.62. The van der Waals surface area contributed by atoms with Crippen molar-refractivity contribution in [1.29, 1.82) is 0 Å². The zero-order valence-electron chi connectivity index (χ0n) is 16.2. The van der Waals surface area contributed by atoms with Gasteiger partial charge in [-0.15, -0.1) is 0 Å². The van der Waals surface area contributed by atoms with E-state index < -0.39 is 0 Å². The molecule has 0 aromatic heterocycles. The molecule has 0 aliphatic rings. The number of aldehydes is 1. The molecule has 3 aromatic carbocycles. The molecule has 0 radical (unpaired) electrons. The van der Waals surface area contributed by atoms with Crippen molar-refractivity contribution in [3.63, 3.8) is 0 Å². The fourth-order valence-corrected chi connectivity index (χ4v) is 3.55. The first-order chi connectivity index (χ1) is 14.0. The highest BCUT2D eigenvalue weighted by Gasteiger charge is 2.14. The highest BCUT2D eigenvalue weighted by Crippen LogP contribution is 2.32. The van der Waals surface area contributed by atoms with Gasteiger partial charge in [0.2, 0.25) is 0 Å². The predicted octanol–water partition coefficient (Wildman–Crippen LogP) is 6.14. The summed E-state index contributed by atoms with van der Waals surface area (Å²) in [5.74, 6) is 1.62. The van der Waals surface area contributed by atoms with E-state index in [9.17, 15) is 4.79 Å². The lowest BCUT2D eigenvalue weighted by molar-refractivity contribution is 0.112. The first-order valence-corrected chi connectivity index (χ1v) is 10.2. The number of carbonyl (C=O) groups is 1. The van der Waals surface area contributed by atoms with E-state index in [1.807, 2.05) is 60.7 Å². The van der Waals surface area contributed by atoms with E-state index in [1.54, 1.807) is 14.2 Å². The molecule has 0 saturated carbocycles. The van der Waals surface area contributed by atoms with Crippen molar-refractivity contribution in [3.05, 3.63) is 86.8 Å². The smallest absolute Gasteiger partial charge is 0.151 e. The van der Waals surface area contributed by atoms with Gasteiger partial charge in [0.15, 0.2) is 6.29 Å². The van der Waals surface area contributed by atoms with Crippen molar-refractivity contribution in [1.82, 2.24) is 0 Å². The Balaban J connectivity index is 1.95. The molecule has 0 aliphatic heterocycles. The Morgan fingerprint density at radius 1 is 0.897 bits per heavy atom. The minimum atomic E-state index is 0.499. The minimum absolute atomic E-state index is 0.499. The number of hydrogen-bond acceptors (Lipinski definition) is 4. The fourth-order valence-electron chi connectivity index (χ4n) is 3.00. The average molecular weight is 475 g/mol. The van der Waals surface area contributed by atoms with Crippen LogP contribution in [0.2, 0.25) is 5.02 Å². The standard InChI is InChI=1S/C23H21BrClNO3/c1-28-20-7-3-16(4-8-20)13-26(14-17-5-9-21(29-2)10-6-17)19-11-18(15-27)23(24)22(25)12-19/h3-12,15H,13-14H2,1-2H3. The van der Waals surface area contributed by atoms with Gasteiger partial charge in [-0.2, -0.15) is 0 Å². The van der Waals surface area contributed by atoms with Gasteiger partial charge in [-0.05, 0) is 63.5 Å². The van der Waals surface area contributed by atoms with Crippen molar-refractivity contribution in [2.75, 3.05) is 19.1 Å². The van der Waals surface area contributed by atoms with Crippen molar-refractivity contribution >= 4 is 39.5 Å². The molecule has 0 heterocycles. The SMILES string of the molecule is COc1ccc(CN(Cc2ccc(OC)cc2)c2cc(Cl)c(Br)c(C=O)c2)cc1. The van der Waals surface area contributed by atoms with Crippen molar-refractivity contribution in [2.45, 2.75) is 13.1 Å². The van der Waals surface area contributed by atoms with E-state index >= 15 is 0 Å². The van der Waals surface area contributed by atoms with Crippen LogP contribution in [0.3, 0.4) is 0 Å². The van der Waals surface area contributed by atoms with Crippen LogP contribution in [0.15, 0.2) is 65.1 Å². The molecule has 0 amide bonds. The number of hydrogen-bond donors (Lipinski definition) is 0. The summed E-state index contributed by atoms with van der Waals surface area (Å²) in [4.78, 5) is 13.7. The van der Waals surface area contributed by atoms with E-state index in [-0.39, 0.29) is 0 Å². The predicted molar refractivity (Wildman–Crippen MR) is 120 cm³/mol. The van der Waals surface area contributed by atoms with Gasteiger partial charge in [0, 0.05) is 28.8 Å². The summed E-state index contributed by atoms with van der Waals surface area (Å²) < 4.78 is 11.1. The number of nitrogens with zero attached hydrogens (tertiary/aromatic N) is 1. The molecule has 0 fully saturated rings. The second-order valence-corrected chi connectivity index (χ2v) is 7.70. The molecule has 0 unspecified atom stereocenters. The van der Waals surface area contributed by atoms with Gasteiger partial charge in [0.1, 0.15) is 11.5 Å². The third-order valence-corrected chi connectivity index (χ3v) is 6.01. The molecule has 29 heavy (non-hydrogen) atoms. The molecule has 0 aliphatic carbocycles. The van der Waals surface area contributed by atoms with E-state index in [4.69, 9.17) is 21.1 Å². The number of ether oxygens (including phenoxy) is 2. The quantitative estimate of drug-likeness (QED) is 0.368. The van der Waals surface area contributed by atoms with E-state index in [2.05, 4.69) is 20.8 Å². The highest BCUT2D eigenvalue weighted by atomic mass is 79.9. The molecule has 0 spiro atoms. The van der Waals surface area contributed by atoms with Crippen LogP contribution in [0.25, 0.3) is 0 Å². The molecular formula is C23H21BrClNO3. The molecule has 0 bridgehead atoms. The monoisotopic (exact) mass is 473 g/mol. The molecule has 3 aromatic rings. The van der Waals surface area contributed by atoms with Crippen LogP contribution in [0, 0.1) is 0 Å². The number of methoxy groups -OCH3 is 2. The molecule has 3 rings (SSSR count). The van der Waals surface area contributed by atoms with Crippen LogP contribution in [0.5, 0.6) is 11.5 Å². The third kappa shape index (κ3) is 5.31. The van der Waals surface area contributed by atoms with Crippen LogP contribution in [0.4, 0.5) is 5.69 Å². The number of anilines is 1. The third-order valence-electron chi connectivity index (χ3n) is 4.60. The van der Waals surface area contributed by atoms with Gasteiger partial charge in [0.25, 0.3) is 0 Å². The van der Waals surface area contributed by atoms with Crippen molar-refractivity contribution < 1.29 is 14.3 Å². The summed E-state index contributed by atoms with van der Waals surface area (Å²) in [5, 5.41) is 0.499. The van der Waals surface area contributed by atoms with Gasteiger partial charge in [-0.3, -0.25) is 4.79 Å².